The van der Waals surface area contributed by atoms with Crippen LogP contribution in [0.3, 0.4) is 0 Å². The SMILES string of the molecule is CCCCC/C=C\C/C=C\CCCCCCCCCCCC(=O)OCCCCCCCCCCCCCCCCCCCCCCCCCCCCCCCCC(=O)NC(CO)C(O)/C=C/CCCCCCCCCCCCCCCCCCCCCCCCC. The van der Waals surface area contributed by atoms with Gasteiger partial charge in [-0.3, -0.25) is 9.59 Å². The van der Waals surface area contributed by atoms with Gasteiger partial charge in [0.25, 0.3) is 0 Å². The average molecular weight is 1280 g/mol. The van der Waals surface area contributed by atoms with Crippen molar-refractivity contribution in [3.63, 3.8) is 0 Å². The van der Waals surface area contributed by atoms with Crippen LogP contribution in [0.15, 0.2) is 36.5 Å². The second-order valence-corrected chi connectivity index (χ2v) is 28.8. The molecule has 0 saturated carbocycles. The lowest BCUT2D eigenvalue weighted by atomic mass is 10.0. The first-order valence-electron chi connectivity index (χ1n) is 41.8. The van der Waals surface area contributed by atoms with Crippen LogP contribution in [0.25, 0.3) is 0 Å². The van der Waals surface area contributed by atoms with Crippen LogP contribution in [0.1, 0.15) is 470 Å². The molecule has 0 bridgehead atoms. The lowest BCUT2D eigenvalue weighted by Crippen LogP contribution is -2.45. The van der Waals surface area contributed by atoms with Crippen LogP contribution >= 0.6 is 0 Å². The van der Waals surface area contributed by atoms with Gasteiger partial charge in [0.2, 0.25) is 5.91 Å². The summed E-state index contributed by atoms with van der Waals surface area (Å²) in [5, 5.41) is 23.3. The maximum Gasteiger partial charge on any atom is 0.305 e. The number of ether oxygens (including phenoxy) is 1. The zero-order chi connectivity index (χ0) is 65.6. The fraction of sp³-hybridized carbons (Fsp3) is 0.906. The highest BCUT2D eigenvalue weighted by atomic mass is 16.5. The first-order chi connectivity index (χ1) is 45.0. The molecule has 0 heterocycles. The summed E-state index contributed by atoms with van der Waals surface area (Å²) in [5.74, 6) is -0.0416. The molecule has 0 rings (SSSR count). The zero-order valence-corrected chi connectivity index (χ0v) is 61.9. The van der Waals surface area contributed by atoms with Gasteiger partial charge < -0.3 is 20.3 Å². The third-order valence-corrected chi connectivity index (χ3v) is 19.7. The van der Waals surface area contributed by atoms with Crippen molar-refractivity contribution in [3.05, 3.63) is 36.5 Å². The number of carbonyl (C=O) groups excluding carboxylic acids is 2. The molecule has 538 valence electrons. The van der Waals surface area contributed by atoms with E-state index in [1.165, 1.54) is 392 Å². The summed E-state index contributed by atoms with van der Waals surface area (Å²) in [7, 11) is 0. The predicted molar refractivity (Wildman–Crippen MR) is 403 cm³/mol. The van der Waals surface area contributed by atoms with E-state index >= 15 is 0 Å². The molecule has 91 heavy (non-hydrogen) atoms. The summed E-state index contributed by atoms with van der Waals surface area (Å²) >= 11 is 0. The number of hydrogen-bond donors (Lipinski definition) is 3. The highest BCUT2D eigenvalue weighted by Gasteiger charge is 2.18. The number of hydrogen-bond acceptors (Lipinski definition) is 5. The molecular weight excluding hydrogens is 1110 g/mol. The van der Waals surface area contributed by atoms with Gasteiger partial charge in [-0.25, -0.2) is 0 Å². The maximum absolute atomic E-state index is 12.6. The number of esters is 1. The summed E-state index contributed by atoms with van der Waals surface area (Å²) < 4.78 is 5.52. The van der Waals surface area contributed by atoms with Gasteiger partial charge >= 0.3 is 5.97 Å². The molecule has 0 aromatic heterocycles. The highest BCUT2D eigenvalue weighted by Crippen LogP contribution is 2.20. The van der Waals surface area contributed by atoms with Gasteiger partial charge in [0.05, 0.1) is 25.4 Å². The van der Waals surface area contributed by atoms with E-state index in [9.17, 15) is 19.8 Å². The standard InChI is InChI=1S/C85H163NO5/c1-3-5-7-9-11-13-15-17-19-21-23-24-25-32-35-38-42-45-49-53-57-61-65-69-73-77-83(88)82(81-87)86-84(89)78-74-70-66-62-58-54-50-46-43-39-36-33-30-28-26-27-29-31-34-37-40-44-48-52-56-60-64-68-72-76-80-91-85(90)79-75-71-67-63-59-55-51-47-41-22-20-18-16-14-12-10-8-6-4-2/h12,14,18,20,73,77,82-83,87-88H,3-11,13,15-17,19,21-72,74-76,78-81H2,1-2H3,(H,86,89)/b14-12-,20-18-,77-73+. The van der Waals surface area contributed by atoms with E-state index in [4.69, 9.17) is 4.74 Å². The summed E-state index contributed by atoms with van der Waals surface area (Å²) in [6.07, 6.45) is 106. The van der Waals surface area contributed by atoms with Gasteiger partial charge in [0.15, 0.2) is 0 Å². The highest BCUT2D eigenvalue weighted by molar-refractivity contribution is 5.76. The van der Waals surface area contributed by atoms with Crippen molar-refractivity contribution < 1.29 is 24.5 Å². The van der Waals surface area contributed by atoms with Crippen LogP contribution in [-0.4, -0.2) is 47.4 Å². The largest absolute Gasteiger partial charge is 0.466 e. The summed E-state index contributed by atoms with van der Waals surface area (Å²) in [6, 6.07) is -0.627. The minimum Gasteiger partial charge on any atom is -0.466 e. The lowest BCUT2D eigenvalue weighted by molar-refractivity contribution is -0.143. The van der Waals surface area contributed by atoms with Gasteiger partial charge in [0.1, 0.15) is 0 Å². The second-order valence-electron chi connectivity index (χ2n) is 28.8. The number of nitrogens with one attached hydrogen (secondary N) is 1. The smallest absolute Gasteiger partial charge is 0.305 e. The van der Waals surface area contributed by atoms with E-state index in [1.807, 2.05) is 6.08 Å². The van der Waals surface area contributed by atoms with Crippen molar-refractivity contribution in [2.24, 2.45) is 0 Å². The Kier molecular flexibility index (Phi) is 78.8. The van der Waals surface area contributed by atoms with Crippen molar-refractivity contribution in [3.8, 4) is 0 Å². The Hall–Kier alpha value is -1.92. The molecule has 0 aliphatic carbocycles. The fourth-order valence-corrected chi connectivity index (χ4v) is 13.3. The number of aliphatic hydroxyl groups excluding tert-OH is 2. The van der Waals surface area contributed by atoms with Crippen molar-refractivity contribution in [2.75, 3.05) is 13.2 Å². The third kappa shape index (κ3) is 77.0. The van der Waals surface area contributed by atoms with Gasteiger partial charge in [-0.05, 0) is 64.2 Å². The molecule has 6 heteroatoms. The number of rotatable bonds is 79. The Balaban J connectivity index is 3.35. The molecule has 0 saturated heterocycles. The summed E-state index contributed by atoms with van der Waals surface area (Å²) in [6.45, 7) is 4.93. The van der Waals surface area contributed by atoms with Crippen molar-refractivity contribution in [2.45, 2.75) is 482 Å². The van der Waals surface area contributed by atoms with E-state index in [2.05, 4.69) is 43.5 Å². The summed E-state index contributed by atoms with van der Waals surface area (Å²) in [4.78, 5) is 24.7. The van der Waals surface area contributed by atoms with Crippen LogP contribution in [0.4, 0.5) is 0 Å². The number of amides is 1. The van der Waals surface area contributed by atoms with E-state index < -0.39 is 12.1 Å². The second kappa shape index (κ2) is 80.5. The first-order valence-corrected chi connectivity index (χ1v) is 41.8. The van der Waals surface area contributed by atoms with E-state index in [0.717, 1.165) is 51.4 Å². The molecule has 0 aromatic rings. The van der Waals surface area contributed by atoms with Gasteiger partial charge in [-0.1, -0.05) is 429 Å². The minimum absolute atomic E-state index is 0.0170. The van der Waals surface area contributed by atoms with E-state index in [1.54, 1.807) is 6.08 Å². The fourth-order valence-electron chi connectivity index (χ4n) is 13.3. The Labute approximate surface area is 570 Å². The quantitative estimate of drug-likeness (QED) is 0.0320. The Bertz CT molecular complexity index is 1470. The number of unbranched alkanes of at least 4 members (excludes halogenated alkanes) is 64. The molecule has 0 aliphatic rings. The molecule has 0 aromatic carbocycles. The molecule has 0 radical (unpaired) electrons. The average Bonchev–Trinajstić information content (AvgIpc) is 3.65. The molecule has 0 aliphatic heterocycles. The van der Waals surface area contributed by atoms with Gasteiger partial charge in [-0.2, -0.15) is 0 Å². The molecule has 0 fully saturated rings. The van der Waals surface area contributed by atoms with Crippen LogP contribution in [-0.2, 0) is 14.3 Å². The zero-order valence-electron chi connectivity index (χ0n) is 61.9. The Morgan fingerprint density at radius 1 is 0.308 bits per heavy atom. The molecule has 3 N–H and O–H groups in total. The first kappa shape index (κ1) is 89.1. The molecule has 0 spiro atoms. The summed E-state index contributed by atoms with van der Waals surface area (Å²) in [5.41, 5.74) is 0. The molecular formula is C85H163NO5. The lowest BCUT2D eigenvalue weighted by Gasteiger charge is -2.20. The van der Waals surface area contributed by atoms with Crippen molar-refractivity contribution in [1.82, 2.24) is 5.32 Å². The number of carbonyl (C=O) groups is 2. The normalized spacial score (nSPS) is 12.6. The Morgan fingerprint density at radius 2 is 0.549 bits per heavy atom. The van der Waals surface area contributed by atoms with E-state index in [-0.39, 0.29) is 18.5 Å². The number of aliphatic hydroxyl groups is 2. The van der Waals surface area contributed by atoms with Crippen LogP contribution in [0.5, 0.6) is 0 Å². The van der Waals surface area contributed by atoms with Gasteiger partial charge in [0, 0.05) is 12.8 Å². The molecule has 1 amide bonds. The number of allylic oxidation sites excluding steroid dienone is 5. The third-order valence-electron chi connectivity index (χ3n) is 19.7. The van der Waals surface area contributed by atoms with Crippen molar-refractivity contribution >= 4 is 11.9 Å². The topological polar surface area (TPSA) is 95.9 Å². The maximum atomic E-state index is 12.6. The van der Waals surface area contributed by atoms with E-state index in [0.29, 0.717) is 19.4 Å². The van der Waals surface area contributed by atoms with Gasteiger partial charge in [-0.15, -0.1) is 0 Å². The van der Waals surface area contributed by atoms with Crippen molar-refractivity contribution in [1.29, 1.82) is 0 Å². The Morgan fingerprint density at radius 3 is 0.857 bits per heavy atom. The monoisotopic (exact) mass is 1280 g/mol. The molecule has 2 atom stereocenters. The van der Waals surface area contributed by atoms with Crippen LogP contribution in [0.2, 0.25) is 0 Å². The predicted octanol–water partition coefficient (Wildman–Crippen LogP) is 27.8. The van der Waals surface area contributed by atoms with Crippen LogP contribution in [0, 0.1) is 0 Å². The minimum atomic E-state index is -0.844. The molecule has 6 nitrogen and oxygen atoms in total. The van der Waals surface area contributed by atoms with Crippen LogP contribution < -0.4 is 5.32 Å². The molecule has 2 unspecified atom stereocenters.